The molecule has 134 valence electrons. The molecule has 1 aromatic carbocycles. The largest absolute Gasteiger partial charge is 0.360 e. The van der Waals surface area contributed by atoms with E-state index in [4.69, 9.17) is 0 Å². The summed E-state index contributed by atoms with van der Waals surface area (Å²) in [6.07, 6.45) is 4.21. The second-order valence-electron chi connectivity index (χ2n) is 6.89. The molecule has 1 aromatic rings. The Labute approximate surface area is 147 Å². The van der Waals surface area contributed by atoms with Crippen molar-refractivity contribution in [3.63, 3.8) is 0 Å². The van der Waals surface area contributed by atoms with Crippen LogP contribution in [0.4, 0.5) is 5.69 Å². The number of hydrogen-bond acceptors (Lipinski definition) is 2. The van der Waals surface area contributed by atoms with E-state index < -0.39 is 0 Å². The number of nitrogens with zero attached hydrogens (tertiary/aromatic N) is 1. The number of nitrogens with one attached hydrogen (secondary N) is 2. The number of carbonyl (C=O) groups excluding carboxylic acids is 1. The summed E-state index contributed by atoms with van der Waals surface area (Å²) in [5.41, 5.74) is 1.33. The maximum Gasteiger partial charge on any atom is 0.223 e. The zero-order chi connectivity index (χ0) is 17.2. The van der Waals surface area contributed by atoms with Gasteiger partial charge in [0.1, 0.15) is 0 Å². The second kappa shape index (κ2) is 10.3. The molecule has 0 radical (unpaired) electrons. The highest BCUT2D eigenvalue weighted by Gasteiger charge is 2.21. The van der Waals surface area contributed by atoms with E-state index in [-0.39, 0.29) is 11.8 Å². The van der Waals surface area contributed by atoms with Crippen LogP contribution in [-0.2, 0) is 4.79 Å². The smallest absolute Gasteiger partial charge is 0.223 e. The minimum atomic E-state index is 0.213. The van der Waals surface area contributed by atoms with Gasteiger partial charge in [-0.15, -0.1) is 0 Å². The third-order valence-corrected chi connectivity index (χ3v) is 5.01. The van der Waals surface area contributed by atoms with E-state index in [1.165, 1.54) is 5.69 Å². The number of rotatable bonds is 9. The van der Waals surface area contributed by atoms with Gasteiger partial charge in [0, 0.05) is 11.6 Å². The molecule has 1 fully saturated rings. The van der Waals surface area contributed by atoms with Crippen LogP contribution in [0.2, 0.25) is 0 Å². The zero-order valence-electron chi connectivity index (χ0n) is 15.4. The minimum Gasteiger partial charge on any atom is -0.360 e. The first-order valence-electron chi connectivity index (χ1n) is 9.65. The van der Waals surface area contributed by atoms with Gasteiger partial charge in [-0.05, 0) is 25.0 Å². The molecule has 1 amide bonds. The maximum absolute atomic E-state index is 12.3. The van der Waals surface area contributed by atoms with Gasteiger partial charge < -0.3 is 15.1 Å². The van der Waals surface area contributed by atoms with Crippen LogP contribution >= 0.6 is 0 Å². The summed E-state index contributed by atoms with van der Waals surface area (Å²) < 4.78 is 0. The van der Waals surface area contributed by atoms with Crippen LogP contribution in [0.25, 0.3) is 0 Å². The van der Waals surface area contributed by atoms with Gasteiger partial charge in [0.25, 0.3) is 0 Å². The fourth-order valence-electron chi connectivity index (χ4n) is 3.58. The standard InChI is InChI=1S/C20H33N3O/c1-3-8-18(9-4-2)20(24)21-12-13-22-14-16-23(17-15-22)19-10-6-5-7-11-19/h5-7,10-11,18H,3-4,8-9,12-17H2,1-2H3,(H,21,24)/p+1. The number of piperazine rings is 1. The van der Waals surface area contributed by atoms with Gasteiger partial charge in [-0.1, -0.05) is 44.9 Å². The van der Waals surface area contributed by atoms with E-state index in [0.717, 1.165) is 65.0 Å². The molecule has 0 unspecified atom stereocenters. The average molecular weight is 333 g/mol. The van der Waals surface area contributed by atoms with Crippen molar-refractivity contribution in [1.29, 1.82) is 0 Å². The van der Waals surface area contributed by atoms with Crippen molar-refractivity contribution in [3.05, 3.63) is 30.3 Å². The molecule has 4 nitrogen and oxygen atoms in total. The molecule has 24 heavy (non-hydrogen) atoms. The number of anilines is 1. The molecular weight excluding hydrogens is 298 g/mol. The molecule has 2 N–H and O–H groups in total. The molecule has 1 saturated heterocycles. The number of carbonyl (C=O) groups is 1. The van der Waals surface area contributed by atoms with Crippen molar-refractivity contribution in [2.45, 2.75) is 39.5 Å². The lowest BCUT2D eigenvalue weighted by Crippen LogP contribution is -3.15. The molecule has 0 saturated carbocycles. The fourth-order valence-corrected chi connectivity index (χ4v) is 3.58. The molecule has 1 heterocycles. The number of benzene rings is 1. The molecule has 1 aliphatic heterocycles. The molecule has 0 spiro atoms. The summed E-state index contributed by atoms with van der Waals surface area (Å²) in [5.74, 6) is 0.478. The zero-order valence-corrected chi connectivity index (χ0v) is 15.4. The van der Waals surface area contributed by atoms with E-state index in [2.05, 4.69) is 54.4 Å². The van der Waals surface area contributed by atoms with Crippen molar-refractivity contribution >= 4 is 11.6 Å². The Morgan fingerprint density at radius 1 is 1.12 bits per heavy atom. The lowest BCUT2D eigenvalue weighted by molar-refractivity contribution is -0.899. The monoisotopic (exact) mass is 332 g/mol. The van der Waals surface area contributed by atoms with Crippen molar-refractivity contribution in [2.75, 3.05) is 44.2 Å². The topological polar surface area (TPSA) is 36.8 Å². The SMILES string of the molecule is CCCC(CCC)C(=O)NCC[NH+]1CCN(c2ccccc2)CC1. The number of amides is 1. The van der Waals surface area contributed by atoms with E-state index in [1.54, 1.807) is 4.90 Å². The van der Waals surface area contributed by atoms with Crippen molar-refractivity contribution in [1.82, 2.24) is 5.32 Å². The van der Waals surface area contributed by atoms with Gasteiger partial charge in [-0.2, -0.15) is 0 Å². The fraction of sp³-hybridized carbons (Fsp3) is 0.650. The van der Waals surface area contributed by atoms with Gasteiger partial charge in [0.2, 0.25) is 5.91 Å². The van der Waals surface area contributed by atoms with Crippen molar-refractivity contribution in [2.24, 2.45) is 5.92 Å². The molecule has 0 atom stereocenters. The van der Waals surface area contributed by atoms with Crippen LogP contribution in [0.1, 0.15) is 39.5 Å². The Kier molecular flexibility index (Phi) is 8.10. The number of para-hydroxylation sites is 1. The second-order valence-corrected chi connectivity index (χ2v) is 6.89. The predicted molar refractivity (Wildman–Crippen MR) is 101 cm³/mol. The summed E-state index contributed by atoms with van der Waals surface area (Å²) in [4.78, 5) is 16.3. The van der Waals surface area contributed by atoms with Crippen molar-refractivity contribution in [3.8, 4) is 0 Å². The lowest BCUT2D eigenvalue weighted by Gasteiger charge is -2.33. The first kappa shape index (κ1) is 18.8. The van der Waals surface area contributed by atoms with Gasteiger partial charge in [0.05, 0.1) is 39.3 Å². The quantitative estimate of drug-likeness (QED) is 0.722. The summed E-state index contributed by atoms with van der Waals surface area (Å²) in [7, 11) is 0. The molecule has 1 aliphatic rings. The summed E-state index contributed by atoms with van der Waals surface area (Å²) in [5, 5.41) is 3.17. The molecule has 0 aliphatic carbocycles. The average Bonchev–Trinajstić information content (AvgIpc) is 2.63. The first-order chi connectivity index (χ1) is 11.7. The van der Waals surface area contributed by atoms with Crippen LogP contribution < -0.4 is 15.1 Å². The van der Waals surface area contributed by atoms with Crippen LogP contribution in [-0.4, -0.2) is 45.2 Å². The van der Waals surface area contributed by atoms with Gasteiger partial charge in [-0.25, -0.2) is 0 Å². The molecule has 0 bridgehead atoms. The van der Waals surface area contributed by atoms with Gasteiger partial charge in [0.15, 0.2) is 0 Å². The molecule has 4 heteroatoms. The van der Waals surface area contributed by atoms with Crippen molar-refractivity contribution < 1.29 is 9.69 Å². The van der Waals surface area contributed by atoms with Gasteiger partial charge >= 0.3 is 0 Å². The summed E-state index contributed by atoms with van der Waals surface area (Å²) in [6.45, 7) is 10.7. The number of quaternary nitrogens is 1. The highest BCUT2D eigenvalue weighted by molar-refractivity contribution is 5.78. The lowest BCUT2D eigenvalue weighted by atomic mass is 9.97. The Bertz CT molecular complexity index is 463. The molecule has 0 aromatic heterocycles. The van der Waals surface area contributed by atoms with E-state index in [1.807, 2.05) is 0 Å². The molecular formula is C20H34N3O+. The van der Waals surface area contributed by atoms with Crippen LogP contribution in [0.3, 0.4) is 0 Å². The van der Waals surface area contributed by atoms with E-state index in [9.17, 15) is 4.79 Å². The third-order valence-electron chi connectivity index (χ3n) is 5.01. The highest BCUT2D eigenvalue weighted by Crippen LogP contribution is 2.13. The molecule has 2 rings (SSSR count). The number of hydrogen-bond donors (Lipinski definition) is 2. The first-order valence-corrected chi connectivity index (χ1v) is 9.65. The maximum atomic E-state index is 12.3. The normalized spacial score (nSPS) is 15.7. The minimum absolute atomic E-state index is 0.213. The predicted octanol–water partition coefficient (Wildman–Crippen LogP) is 1.72. The summed E-state index contributed by atoms with van der Waals surface area (Å²) >= 11 is 0. The Morgan fingerprint density at radius 3 is 2.33 bits per heavy atom. The van der Waals surface area contributed by atoms with E-state index >= 15 is 0 Å². The van der Waals surface area contributed by atoms with Gasteiger partial charge in [-0.3, -0.25) is 4.79 Å². The highest BCUT2D eigenvalue weighted by atomic mass is 16.1. The van der Waals surface area contributed by atoms with E-state index in [0.29, 0.717) is 0 Å². The third kappa shape index (κ3) is 5.82. The Hall–Kier alpha value is -1.55. The van der Waals surface area contributed by atoms with Crippen LogP contribution in [0, 0.1) is 5.92 Å². The van der Waals surface area contributed by atoms with Crippen LogP contribution in [0.15, 0.2) is 30.3 Å². The summed E-state index contributed by atoms with van der Waals surface area (Å²) in [6, 6.07) is 10.7. The Morgan fingerprint density at radius 2 is 1.75 bits per heavy atom. The Balaban J connectivity index is 1.66. The van der Waals surface area contributed by atoms with Crippen LogP contribution in [0.5, 0.6) is 0 Å².